The fourth-order valence-electron chi connectivity index (χ4n) is 2.44. The summed E-state index contributed by atoms with van der Waals surface area (Å²) in [5.74, 6) is -0.459. The van der Waals surface area contributed by atoms with Crippen LogP contribution in [0.5, 0.6) is 0 Å². The van der Waals surface area contributed by atoms with Gasteiger partial charge in [-0.1, -0.05) is 24.3 Å². The quantitative estimate of drug-likeness (QED) is 0.520. The van der Waals surface area contributed by atoms with Crippen molar-refractivity contribution in [3.05, 3.63) is 65.2 Å². The van der Waals surface area contributed by atoms with E-state index in [0.717, 1.165) is 19.5 Å². The second-order valence-electron chi connectivity index (χ2n) is 4.94. The average Bonchev–Trinajstić information content (AvgIpc) is 2.54. The number of rotatable bonds is 3. The van der Waals surface area contributed by atoms with Crippen molar-refractivity contribution in [1.29, 1.82) is 0 Å². The molecule has 0 spiro atoms. The third-order valence-electron chi connectivity index (χ3n) is 3.52. The Morgan fingerprint density at radius 1 is 1.14 bits per heavy atom. The third-order valence-corrected chi connectivity index (χ3v) is 4.58. The maximum atomic E-state index is 11.4. The molecular formula is C16H16N2O2S. The number of amides is 1. The van der Waals surface area contributed by atoms with Crippen LogP contribution in [0.2, 0.25) is 0 Å². The largest absolute Gasteiger partial charge is 0.288 e. The Kier molecular flexibility index (Phi) is 4.24. The van der Waals surface area contributed by atoms with Gasteiger partial charge in [-0.05, 0) is 53.8 Å². The van der Waals surface area contributed by atoms with E-state index >= 15 is 0 Å². The fourth-order valence-corrected chi connectivity index (χ4v) is 3.40. The summed E-state index contributed by atoms with van der Waals surface area (Å²) in [4.78, 5) is 12.7. The van der Waals surface area contributed by atoms with Crippen LogP contribution in [0.15, 0.2) is 53.4 Å². The fraction of sp³-hybridized carbons (Fsp3) is 0.188. The second kappa shape index (κ2) is 6.30. The molecule has 1 aliphatic rings. The lowest BCUT2D eigenvalue weighted by Gasteiger charge is -2.27. The first-order valence-corrected chi connectivity index (χ1v) is 7.58. The Hall–Kier alpha value is -1.82. The molecule has 4 nitrogen and oxygen atoms in total. The monoisotopic (exact) mass is 300 g/mol. The lowest BCUT2D eigenvalue weighted by molar-refractivity contribution is 0.0706. The lowest BCUT2D eigenvalue weighted by Crippen LogP contribution is -2.25. The van der Waals surface area contributed by atoms with E-state index in [9.17, 15) is 4.79 Å². The standard InChI is InChI=1S/C16H16N2O2S/c19-16(17-20)13-6-7-14-11-18(9-8-12(14)10-13)21-15-4-2-1-3-5-15/h1-7,10,20H,8-9,11H2,(H,17,19). The van der Waals surface area contributed by atoms with Crippen LogP contribution < -0.4 is 5.48 Å². The minimum absolute atomic E-state index is 0.459. The SMILES string of the molecule is O=C(NO)c1ccc2c(c1)CCN(Sc1ccccc1)C2. The topological polar surface area (TPSA) is 52.6 Å². The molecule has 2 N–H and O–H groups in total. The molecule has 5 heteroatoms. The van der Waals surface area contributed by atoms with Gasteiger partial charge in [-0.15, -0.1) is 0 Å². The number of nitrogens with one attached hydrogen (secondary N) is 1. The summed E-state index contributed by atoms with van der Waals surface area (Å²) in [6.07, 6.45) is 0.904. The molecule has 108 valence electrons. The Morgan fingerprint density at radius 3 is 2.71 bits per heavy atom. The molecule has 0 radical (unpaired) electrons. The first-order chi connectivity index (χ1) is 10.3. The van der Waals surface area contributed by atoms with Crippen LogP contribution in [0.25, 0.3) is 0 Å². The zero-order valence-electron chi connectivity index (χ0n) is 11.5. The average molecular weight is 300 g/mol. The Balaban J connectivity index is 1.73. The summed E-state index contributed by atoms with van der Waals surface area (Å²) < 4.78 is 2.32. The predicted molar refractivity (Wildman–Crippen MR) is 82.1 cm³/mol. The molecule has 0 aromatic heterocycles. The van der Waals surface area contributed by atoms with E-state index in [1.807, 2.05) is 30.3 Å². The molecular weight excluding hydrogens is 284 g/mol. The van der Waals surface area contributed by atoms with Gasteiger partial charge in [-0.25, -0.2) is 9.79 Å². The van der Waals surface area contributed by atoms with Gasteiger partial charge >= 0.3 is 0 Å². The van der Waals surface area contributed by atoms with E-state index in [4.69, 9.17) is 5.21 Å². The van der Waals surface area contributed by atoms with Crippen LogP contribution in [0.1, 0.15) is 21.5 Å². The number of hydroxylamine groups is 1. The van der Waals surface area contributed by atoms with Crippen molar-refractivity contribution < 1.29 is 10.0 Å². The number of carbonyl (C=O) groups excluding carboxylic acids is 1. The number of hydrogen-bond acceptors (Lipinski definition) is 4. The van der Waals surface area contributed by atoms with Gasteiger partial charge in [0.25, 0.3) is 5.91 Å². The Bertz CT molecular complexity index is 646. The molecule has 2 aromatic carbocycles. The predicted octanol–water partition coefficient (Wildman–Crippen LogP) is 2.87. The zero-order valence-corrected chi connectivity index (χ0v) is 12.3. The molecule has 1 amide bonds. The first-order valence-electron chi connectivity index (χ1n) is 6.80. The van der Waals surface area contributed by atoms with Gasteiger partial charge in [0.15, 0.2) is 0 Å². The van der Waals surface area contributed by atoms with Crippen molar-refractivity contribution in [3.63, 3.8) is 0 Å². The van der Waals surface area contributed by atoms with Crippen molar-refractivity contribution >= 4 is 17.9 Å². The summed E-state index contributed by atoms with van der Waals surface area (Å²) in [7, 11) is 0. The van der Waals surface area contributed by atoms with E-state index in [1.54, 1.807) is 23.5 Å². The van der Waals surface area contributed by atoms with Crippen LogP contribution in [-0.2, 0) is 13.0 Å². The number of carbonyl (C=O) groups is 1. The summed E-state index contributed by atoms with van der Waals surface area (Å²) in [5.41, 5.74) is 4.59. The Labute approximate surface area is 127 Å². The minimum Gasteiger partial charge on any atom is -0.288 e. The van der Waals surface area contributed by atoms with E-state index in [1.165, 1.54) is 16.0 Å². The third kappa shape index (κ3) is 3.26. The number of fused-ring (bicyclic) bond motifs is 1. The molecule has 0 aliphatic carbocycles. The van der Waals surface area contributed by atoms with Crippen LogP contribution in [0.3, 0.4) is 0 Å². The molecule has 0 saturated heterocycles. The van der Waals surface area contributed by atoms with Gasteiger partial charge in [0.05, 0.1) is 0 Å². The van der Waals surface area contributed by atoms with Gasteiger partial charge in [0, 0.05) is 23.5 Å². The Morgan fingerprint density at radius 2 is 1.95 bits per heavy atom. The highest BCUT2D eigenvalue weighted by Crippen LogP contribution is 2.29. The molecule has 1 heterocycles. The van der Waals surface area contributed by atoms with E-state index in [-0.39, 0.29) is 0 Å². The van der Waals surface area contributed by atoms with Gasteiger partial charge in [-0.3, -0.25) is 10.0 Å². The zero-order chi connectivity index (χ0) is 14.7. The second-order valence-corrected chi connectivity index (χ2v) is 6.11. The maximum absolute atomic E-state index is 11.4. The van der Waals surface area contributed by atoms with Crippen LogP contribution in [0.4, 0.5) is 0 Å². The van der Waals surface area contributed by atoms with Crippen LogP contribution in [0, 0.1) is 0 Å². The van der Waals surface area contributed by atoms with Gasteiger partial charge in [0.1, 0.15) is 0 Å². The summed E-state index contributed by atoms with van der Waals surface area (Å²) in [5, 5.41) is 8.69. The molecule has 3 rings (SSSR count). The first kappa shape index (κ1) is 14.1. The molecule has 0 saturated carbocycles. The summed E-state index contributed by atoms with van der Waals surface area (Å²) in [6.45, 7) is 1.80. The van der Waals surface area contributed by atoms with E-state index in [2.05, 4.69) is 16.4 Å². The molecule has 21 heavy (non-hydrogen) atoms. The van der Waals surface area contributed by atoms with E-state index < -0.39 is 5.91 Å². The molecule has 0 fully saturated rings. The van der Waals surface area contributed by atoms with Gasteiger partial charge < -0.3 is 0 Å². The molecule has 0 bridgehead atoms. The minimum atomic E-state index is -0.459. The molecule has 0 atom stereocenters. The normalized spacial score (nSPS) is 14.5. The molecule has 0 unspecified atom stereocenters. The summed E-state index contributed by atoms with van der Waals surface area (Å²) >= 11 is 1.76. The lowest BCUT2D eigenvalue weighted by atomic mass is 9.98. The van der Waals surface area contributed by atoms with Crippen molar-refractivity contribution in [1.82, 2.24) is 9.79 Å². The highest BCUT2D eigenvalue weighted by molar-refractivity contribution is 7.97. The van der Waals surface area contributed by atoms with Crippen LogP contribution in [-0.4, -0.2) is 22.0 Å². The molecule has 1 aliphatic heterocycles. The van der Waals surface area contributed by atoms with Crippen molar-refractivity contribution in [2.45, 2.75) is 17.9 Å². The maximum Gasteiger partial charge on any atom is 0.274 e. The van der Waals surface area contributed by atoms with Gasteiger partial charge in [-0.2, -0.15) is 0 Å². The van der Waals surface area contributed by atoms with Crippen LogP contribution >= 0.6 is 11.9 Å². The summed E-state index contributed by atoms with van der Waals surface area (Å²) in [6, 6.07) is 15.9. The highest BCUT2D eigenvalue weighted by Gasteiger charge is 2.18. The van der Waals surface area contributed by atoms with Crippen molar-refractivity contribution in [2.75, 3.05) is 6.54 Å². The van der Waals surface area contributed by atoms with Gasteiger partial charge in [0.2, 0.25) is 0 Å². The van der Waals surface area contributed by atoms with E-state index in [0.29, 0.717) is 5.56 Å². The van der Waals surface area contributed by atoms with Crippen molar-refractivity contribution in [3.8, 4) is 0 Å². The number of nitrogens with zero attached hydrogens (tertiary/aromatic N) is 1. The highest BCUT2D eigenvalue weighted by atomic mass is 32.2. The molecule has 2 aromatic rings. The van der Waals surface area contributed by atoms with Crippen molar-refractivity contribution in [2.24, 2.45) is 0 Å². The number of hydrogen-bond donors (Lipinski definition) is 2. The smallest absolute Gasteiger partial charge is 0.274 e. The number of benzene rings is 2.